The molecule has 0 saturated carbocycles. The molecule has 8 aromatic rings. The molecule has 0 aliphatic carbocycles. The molecule has 0 nitrogen and oxygen atoms in total. The van der Waals surface area contributed by atoms with Gasteiger partial charge in [0.2, 0.25) is 0 Å². The van der Waals surface area contributed by atoms with E-state index in [0.29, 0.717) is 0 Å². The Hall–Kier alpha value is -6.24. The molecule has 0 unspecified atom stereocenters. The molecule has 0 atom stereocenters. The van der Waals surface area contributed by atoms with Crippen molar-refractivity contribution >= 4 is 0 Å². The van der Waals surface area contributed by atoms with Gasteiger partial charge in [-0.05, 0) is 55.4 Å². The summed E-state index contributed by atoms with van der Waals surface area (Å²) in [5.41, 5.74) is 10.6. The fourth-order valence-electron chi connectivity index (χ4n) is 4.28. The monoisotopic (exact) mass is 977 g/mol. The van der Waals surface area contributed by atoms with Crippen LogP contribution in [0.25, 0.3) is 0 Å². The van der Waals surface area contributed by atoms with E-state index in [-0.39, 0.29) is 0 Å². The van der Waals surface area contributed by atoms with E-state index in [4.69, 9.17) is 0 Å². The summed E-state index contributed by atoms with van der Waals surface area (Å²) in [6, 6.07) is 82.1. The number of rotatable bonds is 0. The van der Waals surface area contributed by atoms with Gasteiger partial charge in [0.05, 0.1) is 0 Å². The van der Waals surface area contributed by atoms with Crippen molar-refractivity contribution in [1.29, 1.82) is 0 Å². The lowest BCUT2D eigenvalue weighted by Crippen LogP contribution is -1.62. The molecule has 0 saturated heterocycles. The standard InChI is InChI=1S/8C7H8.8C2H6/c8*1-7-5-3-2-4-6-7;8*1-2/h8*2-6H,1H3;8*1-2H3. The molecule has 0 N–H and O–H groups in total. The van der Waals surface area contributed by atoms with Crippen LogP contribution >= 0.6 is 0 Å². The molecule has 0 aliphatic rings. The maximum Gasteiger partial charge on any atom is -0.0398 e. The first-order valence-corrected chi connectivity index (χ1v) is 27.3. The van der Waals surface area contributed by atoms with Crippen LogP contribution in [-0.4, -0.2) is 0 Å². The van der Waals surface area contributed by atoms with Gasteiger partial charge in [-0.15, -0.1) is 0 Å². The maximum atomic E-state index is 2.08. The summed E-state index contributed by atoms with van der Waals surface area (Å²) in [4.78, 5) is 0. The lowest BCUT2D eigenvalue weighted by atomic mass is 10.2. The van der Waals surface area contributed by atoms with Crippen molar-refractivity contribution in [2.24, 2.45) is 0 Å². The summed E-state index contributed by atoms with van der Waals surface area (Å²) < 4.78 is 0. The topological polar surface area (TPSA) is 0 Å². The molecule has 0 heterocycles. The van der Waals surface area contributed by atoms with Crippen LogP contribution < -0.4 is 0 Å². The molecule has 0 spiro atoms. The van der Waals surface area contributed by atoms with Gasteiger partial charge in [-0.25, -0.2) is 0 Å². The summed E-state index contributed by atoms with van der Waals surface area (Å²) in [6.07, 6.45) is 0. The van der Waals surface area contributed by atoms with Gasteiger partial charge in [0.15, 0.2) is 0 Å². The minimum atomic E-state index is 1.32. The van der Waals surface area contributed by atoms with Crippen molar-refractivity contribution in [1.82, 2.24) is 0 Å². The van der Waals surface area contributed by atoms with E-state index in [0.717, 1.165) is 0 Å². The van der Waals surface area contributed by atoms with Crippen LogP contribution in [0.15, 0.2) is 243 Å². The van der Waals surface area contributed by atoms with Crippen molar-refractivity contribution in [2.75, 3.05) is 0 Å². The van der Waals surface area contributed by atoms with Crippen LogP contribution in [-0.2, 0) is 0 Å². The minimum Gasteiger partial charge on any atom is -0.0683 e. The molecule has 0 bridgehead atoms. The van der Waals surface area contributed by atoms with Crippen molar-refractivity contribution in [3.05, 3.63) is 287 Å². The molecule has 0 aromatic heterocycles. The van der Waals surface area contributed by atoms with Gasteiger partial charge < -0.3 is 0 Å². The van der Waals surface area contributed by atoms with Gasteiger partial charge in [-0.3, -0.25) is 0 Å². The van der Waals surface area contributed by atoms with E-state index < -0.39 is 0 Å². The van der Waals surface area contributed by atoms with Crippen LogP contribution in [0.1, 0.15) is 155 Å². The lowest BCUT2D eigenvalue weighted by Gasteiger charge is -1.82. The Morgan fingerprint density at radius 2 is 0.167 bits per heavy atom. The Morgan fingerprint density at radius 3 is 0.194 bits per heavy atom. The fraction of sp³-hybridized carbons (Fsp3) is 0.333. The van der Waals surface area contributed by atoms with E-state index in [1.165, 1.54) is 44.5 Å². The molecule has 0 amide bonds. The first-order valence-electron chi connectivity index (χ1n) is 27.3. The predicted octanol–water partition coefficient (Wildman–Crippen LogP) is 24.2. The second kappa shape index (κ2) is 78.9. The zero-order valence-electron chi connectivity index (χ0n) is 51.1. The normalized spacial score (nSPS) is 7.44. The second-order valence-electron chi connectivity index (χ2n) is 13.2. The SMILES string of the molecule is CC.CC.CC.CC.CC.CC.CC.CC.Cc1ccccc1.Cc1ccccc1.Cc1ccccc1.Cc1ccccc1.Cc1ccccc1.Cc1ccccc1.Cc1ccccc1.Cc1ccccc1. The largest absolute Gasteiger partial charge is 0.0683 e. The number of hydrogen-bond acceptors (Lipinski definition) is 0. The average Bonchev–Trinajstić information content (AvgIpc) is 3.46. The third kappa shape index (κ3) is 75.3. The van der Waals surface area contributed by atoms with Crippen LogP contribution in [0.5, 0.6) is 0 Å². The Balaban J connectivity index is -0.000000104. The summed E-state index contributed by atoms with van der Waals surface area (Å²) in [6.45, 7) is 48.7. The summed E-state index contributed by atoms with van der Waals surface area (Å²) >= 11 is 0. The molecule has 400 valence electrons. The third-order valence-corrected chi connectivity index (χ3v) is 7.52. The van der Waals surface area contributed by atoms with Gasteiger partial charge in [0.1, 0.15) is 0 Å². The Labute approximate surface area is 451 Å². The van der Waals surface area contributed by atoms with E-state index in [2.05, 4.69) is 152 Å². The van der Waals surface area contributed by atoms with Crippen molar-refractivity contribution < 1.29 is 0 Å². The number of hydrogen-bond donors (Lipinski definition) is 0. The second-order valence-corrected chi connectivity index (χ2v) is 13.2. The minimum absolute atomic E-state index is 1.32. The van der Waals surface area contributed by atoms with E-state index in [1.54, 1.807) is 0 Å². The van der Waals surface area contributed by atoms with Crippen LogP contribution in [0.4, 0.5) is 0 Å². The molecule has 8 rings (SSSR count). The lowest BCUT2D eigenvalue weighted by molar-refractivity contribution is 1.48. The van der Waals surface area contributed by atoms with Crippen molar-refractivity contribution in [3.63, 3.8) is 0 Å². The zero-order valence-corrected chi connectivity index (χ0v) is 51.1. The smallest absolute Gasteiger partial charge is 0.0398 e. The molecule has 8 aromatic carbocycles. The average molecular weight is 978 g/mol. The molecule has 72 heavy (non-hydrogen) atoms. The summed E-state index contributed by atoms with van der Waals surface area (Å²) in [7, 11) is 0. The highest BCUT2D eigenvalue weighted by molar-refractivity contribution is 5.16. The van der Waals surface area contributed by atoms with Crippen LogP contribution in [0, 0.1) is 55.4 Å². The molecule has 0 aliphatic heterocycles. The highest BCUT2D eigenvalue weighted by Crippen LogP contribution is 1.96. The van der Waals surface area contributed by atoms with E-state index in [9.17, 15) is 0 Å². The van der Waals surface area contributed by atoms with E-state index in [1.807, 2.05) is 256 Å². The van der Waals surface area contributed by atoms with Crippen molar-refractivity contribution in [2.45, 2.75) is 166 Å². The third-order valence-electron chi connectivity index (χ3n) is 7.52. The molecular formula is C72H112. The molecule has 0 radical (unpaired) electrons. The molecule has 0 heteroatoms. The first-order chi connectivity index (χ1) is 35.2. The fourth-order valence-corrected chi connectivity index (χ4v) is 4.28. The van der Waals surface area contributed by atoms with Gasteiger partial charge >= 0.3 is 0 Å². The number of aryl methyl sites for hydroxylation is 8. The van der Waals surface area contributed by atoms with Gasteiger partial charge in [0.25, 0.3) is 0 Å². The maximum absolute atomic E-state index is 2.08. The summed E-state index contributed by atoms with van der Waals surface area (Å²) in [5.74, 6) is 0. The summed E-state index contributed by atoms with van der Waals surface area (Å²) in [5, 5.41) is 0. The quantitative estimate of drug-likeness (QED) is 0.142. The predicted molar refractivity (Wildman–Crippen MR) is 340 cm³/mol. The highest BCUT2D eigenvalue weighted by atomic mass is 13.8. The van der Waals surface area contributed by atoms with Crippen LogP contribution in [0.3, 0.4) is 0 Å². The Kier molecular flexibility index (Phi) is 90.6. The first kappa shape index (κ1) is 82.7. The van der Waals surface area contributed by atoms with Crippen molar-refractivity contribution in [3.8, 4) is 0 Å². The zero-order chi connectivity index (χ0) is 56.9. The molecular weight excluding hydrogens is 865 g/mol. The van der Waals surface area contributed by atoms with Crippen LogP contribution in [0.2, 0.25) is 0 Å². The van der Waals surface area contributed by atoms with Gasteiger partial charge in [-0.2, -0.15) is 0 Å². The Bertz CT molecular complexity index is 1490. The van der Waals surface area contributed by atoms with Gasteiger partial charge in [0, 0.05) is 0 Å². The highest BCUT2D eigenvalue weighted by Gasteiger charge is 1.76. The van der Waals surface area contributed by atoms with Gasteiger partial charge in [-0.1, -0.05) is 398 Å². The molecule has 0 fully saturated rings. The van der Waals surface area contributed by atoms with E-state index >= 15 is 0 Å². The Morgan fingerprint density at radius 1 is 0.111 bits per heavy atom. The number of benzene rings is 8.